The van der Waals surface area contributed by atoms with Crippen LogP contribution in [0.5, 0.6) is 0 Å². The van der Waals surface area contributed by atoms with Crippen LogP contribution in [0.25, 0.3) is 5.52 Å². The average molecular weight is 262 g/mol. The first-order valence-electron chi connectivity index (χ1n) is 5.96. The molecule has 0 unspecified atom stereocenters. The highest BCUT2D eigenvalue weighted by Gasteiger charge is 2.11. The number of carbonyl (C=O) groups is 2. The van der Waals surface area contributed by atoms with Crippen LogP contribution < -0.4 is 5.32 Å². The maximum absolute atomic E-state index is 11.9. The summed E-state index contributed by atoms with van der Waals surface area (Å²) in [6.45, 7) is 0.448. The molecule has 7 heteroatoms. The molecule has 100 valence electrons. The highest BCUT2D eigenvalue weighted by atomic mass is 16.4. The van der Waals surface area contributed by atoms with Crippen molar-refractivity contribution in [3.63, 3.8) is 0 Å². The fraction of sp³-hybridized carbons (Fsp3) is 0.333. The van der Waals surface area contributed by atoms with Crippen molar-refractivity contribution in [2.75, 3.05) is 6.54 Å². The van der Waals surface area contributed by atoms with E-state index in [1.807, 2.05) is 0 Å². The van der Waals surface area contributed by atoms with Crippen molar-refractivity contribution in [3.8, 4) is 0 Å². The molecule has 0 atom stereocenters. The standard InChI is InChI=1S/C12H14N4O3/c17-11(18)3-1-2-4-14-12(19)9-7-15-16-6-5-13-8-10(9)16/h5-8H,1-4H2,(H,14,19)(H,17,18). The van der Waals surface area contributed by atoms with Gasteiger partial charge >= 0.3 is 5.97 Å². The molecule has 2 aromatic heterocycles. The molecule has 0 radical (unpaired) electrons. The molecular formula is C12H14N4O3. The minimum Gasteiger partial charge on any atom is -0.481 e. The summed E-state index contributed by atoms with van der Waals surface area (Å²) >= 11 is 0. The molecule has 1 amide bonds. The van der Waals surface area contributed by atoms with Gasteiger partial charge < -0.3 is 10.4 Å². The zero-order chi connectivity index (χ0) is 13.7. The Hall–Kier alpha value is -2.44. The zero-order valence-electron chi connectivity index (χ0n) is 10.2. The number of rotatable bonds is 6. The lowest BCUT2D eigenvalue weighted by Crippen LogP contribution is -2.24. The SMILES string of the molecule is O=C(O)CCCCNC(=O)c1cnn2ccncc12. The number of hydrogen-bond donors (Lipinski definition) is 2. The van der Waals surface area contributed by atoms with E-state index in [0.717, 1.165) is 0 Å². The van der Waals surface area contributed by atoms with Gasteiger partial charge in [-0.05, 0) is 12.8 Å². The second-order valence-corrected chi connectivity index (χ2v) is 4.07. The van der Waals surface area contributed by atoms with Crippen molar-refractivity contribution in [2.24, 2.45) is 0 Å². The highest BCUT2D eigenvalue weighted by molar-refractivity contribution is 6.00. The first-order valence-corrected chi connectivity index (χ1v) is 5.96. The Labute approximate surface area is 109 Å². The maximum atomic E-state index is 11.9. The number of aliphatic carboxylic acids is 1. The summed E-state index contributed by atoms with van der Waals surface area (Å²) in [4.78, 5) is 26.2. The minimum atomic E-state index is -0.819. The van der Waals surface area contributed by atoms with Crippen molar-refractivity contribution in [3.05, 3.63) is 30.4 Å². The third-order valence-electron chi connectivity index (χ3n) is 2.67. The quantitative estimate of drug-likeness (QED) is 0.747. The van der Waals surface area contributed by atoms with Crippen LogP contribution in [-0.4, -0.2) is 38.1 Å². The summed E-state index contributed by atoms with van der Waals surface area (Å²) in [5.74, 6) is -1.04. The fourth-order valence-corrected chi connectivity index (χ4v) is 1.71. The summed E-state index contributed by atoms with van der Waals surface area (Å²) in [6, 6.07) is 0. The van der Waals surface area contributed by atoms with E-state index in [1.165, 1.54) is 6.20 Å². The summed E-state index contributed by atoms with van der Waals surface area (Å²) < 4.78 is 1.58. The van der Waals surface area contributed by atoms with Gasteiger partial charge in [0.15, 0.2) is 0 Å². The van der Waals surface area contributed by atoms with Crippen LogP contribution in [0.4, 0.5) is 0 Å². The monoisotopic (exact) mass is 262 g/mol. The number of hydrogen-bond acceptors (Lipinski definition) is 4. The van der Waals surface area contributed by atoms with Gasteiger partial charge in [-0.1, -0.05) is 0 Å². The molecule has 0 aliphatic rings. The van der Waals surface area contributed by atoms with Gasteiger partial charge in [0, 0.05) is 25.4 Å². The molecule has 0 fully saturated rings. The van der Waals surface area contributed by atoms with Crippen LogP contribution >= 0.6 is 0 Å². The summed E-state index contributed by atoms with van der Waals surface area (Å²) in [6.07, 6.45) is 7.63. The van der Waals surface area contributed by atoms with Gasteiger partial charge in [0.25, 0.3) is 5.91 Å². The van der Waals surface area contributed by atoms with Gasteiger partial charge in [0.2, 0.25) is 0 Å². The van der Waals surface area contributed by atoms with Crippen molar-refractivity contribution < 1.29 is 14.7 Å². The zero-order valence-corrected chi connectivity index (χ0v) is 10.2. The highest BCUT2D eigenvalue weighted by Crippen LogP contribution is 2.08. The molecule has 0 saturated carbocycles. The molecule has 0 aliphatic carbocycles. The maximum Gasteiger partial charge on any atom is 0.303 e. The van der Waals surface area contributed by atoms with Crippen molar-refractivity contribution in [1.29, 1.82) is 0 Å². The Bertz CT molecular complexity index is 593. The molecular weight excluding hydrogens is 248 g/mol. The van der Waals surface area contributed by atoms with Gasteiger partial charge in [-0.2, -0.15) is 5.10 Å². The molecule has 0 bridgehead atoms. The van der Waals surface area contributed by atoms with E-state index < -0.39 is 5.97 Å². The van der Waals surface area contributed by atoms with Gasteiger partial charge in [0.1, 0.15) is 0 Å². The number of carboxylic acids is 1. The van der Waals surface area contributed by atoms with Crippen LogP contribution in [0.3, 0.4) is 0 Å². The predicted molar refractivity (Wildman–Crippen MR) is 66.8 cm³/mol. The van der Waals surface area contributed by atoms with Gasteiger partial charge in [-0.15, -0.1) is 0 Å². The largest absolute Gasteiger partial charge is 0.481 e. The molecule has 2 N–H and O–H groups in total. The molecule has 19 heavy (non-hydrogen) atoms. The second kappa shape index (κ2) is 5.94. The Morgan fingerprint density at radius 3 is 2.95 bits per heavy atom. The van der Waals surface area contributed by atoms with Crippen LogP contribution in [0.2, 0.25) is 0 Å². The molecule has 2 heterocycles. The second-order valence-electron chi connectivity index (χ2n) is 4.07. The summed E-state index contributed by atoms with van der Waals surface area (Å²) in [5.41, 5.74) is 1.11. The third-order valence-corrected chi connectivity index (χ3v) is 2.67. The van der Waals surface area contributed by atoms with E-state index >= 15 is 0 Å². The predicted octanol–water partition coefficient (Wildman–Crippen LogP) is 0.714. The number of nitrogens with one attached hydrogen (secondary N) is 1. The van der Waals surface area contributed by atoms with Gasteiger partial charge in [-0.25, -0.2) is 4.52 Å². The van der Waals surface area contributed by atoms with Crippen LogP contribution in [0, 0.1) is 0 Å². The van der Waals surface area contributed by atoms with Gasteiger partial charge in [0.05, 0.1) is 23.5 Å². The lowest BCUT2D eigenvalue weighted by Gasteiger charge is -2.03. The molecule has 2 aromatic rings. The average Bonchev–Trinajstić information content (AvgIpc) is 2.81. The topological polar surface area (TPSA) is 96.6 Å². The number of carboxylic acid groups (broad SMARTS) is 1. The van der Waals surface area contributed by atoms with E-state index in [-0.39, 0.29) is 12.3 Å². The number of carbonyl (C=O) groups excluding carboxylic acids is 1. The molecule has 0 spiro atoms. The first-order chi connectivity index (χ1) is 9.18. The molecule has 0 aromatic carbocycles. The van der Waals surface area contributed by atoms with E-state index in [0.29, 0.717) is 30.5 Å². The van der Waals surface area contributed by atoms with Crippen molar-refractivity contribution in [1.82, 2.24) is 19.9 Å². The van der Waals surface area contributed by atoms with Crippen molar-refractivity contribution in [2.45, 2.75) is 19.3 Å². The van der Waals surface area contributed by atoms with Crippen molar-refractivity contribution >= 4 is 17.4 Å². The third kappa shape index (κ3) is 3.27. The Morgan fingerprint density at radius 2 is 2.16 bits per heavy atom. The van der Waals surface area contributed by atoms with Gasteiger partial charge in [-0.3, -0.25) is 14.6 Å². The lowest BCUT2D eigenvalue weighted by molar-refractivity contribution is -0.137. The van der Waals surface area contributed by atoms with E-state index in [4.69, 9.17) is 5.11 Å². The van der Waals surface area contributed by atoms with E-state index in [2.05, 4.69) is 15.4 Å². The first kappa shape index (κ1) is 13.0. The van der Waals surface area contributed by atoms with Crippen LogP contribution in [0.1, 0.15) is 29.6 Å². The number of unbranched alkanes of at least 4 members (excludes halogenated alkanes) is 1. The minimum absolute atomic E-state index is 0.122. The molecule has 2 rings (SSSR count). The van der Waals surface area contributed by atoms with E-state index in [9.17, 15) is 9.59 Å². The van der Waals surface area contributed by atoms with Crippen LogP contribution in [0.15, 0.2) is 24.8 Å². The Balaban J connectivity index is 1.88. The molecule has 0 aliphatic heterocycles. The lowest BCUT2D eigenvalue weighted by atomic mass is 10.2. The molecule has 7 nitrogen and oxygen atoms in total. The summed E-state index contributed by atoms with van der Waals surface area (Å²) in [5, 5.41) is 15.3. The Morgan fingerprint density at radius 1 is 1.32 bits per heavy atom. The molecule has 0 saturated heterocycles. The Kier molecular flexibility index (Phi) is 4.07. The smallest absolute Gasteiger partial charge is 0.303 e. The number of amides is 1. The van der Waals surface area contributed by atoms with Crippen LogP contribution in [-0.2, 0) is 4.79 Å². The number of nitrogens with zero attached hydrogens (tertiary/aromatic N) is 3. The summed E-state index contributed by atoms with van der Waals surface area (Å²) in [7, 11) is 0. The number of aromatic nitrogens is 3. The fourth-order valence-electron chi connectivity index (χ4n) is 1.71. The normalized spacial score (nSPS) is 10.5. The number of fused-ring (bicyclic) bond motifs is 1. The van der Waals surface area contributed by atoms with E-state index in [1.54, 1.807) is 23.1 Å².